The monoisotopic (exact) mass is 354 g/mol. The summed E-state index contributed by atoms with van der Waals surface area (Å²) in [5.41, 5.74) is 4.85. The van der Waals surface area contributed by atoms with E-state index in [1.54, 1.807) is 7.11 Å². The van der Waals surface area contributed by atoms with Crippen molar-refractivity contribution in [1.82, 2.24) is 0 Å². The number of hydrogen-bond acceptors (Lipinski definition) is 2. The second-order valence-corrected chi connectivity index (χ2v) is 4.65. The van der Waals surface area contributed by atoms with Gasteiger partial charge in [0.1, 0.15) is 0 Å². The number of aliphatic hydroxyl groups is 1. The predicted molar refractivity (Wildman–Crippen MR) is 79.6 cm³/mol. The second kappa shape index (κ2) is 8.34. The van der Waals surface area contributed by atoms with Crippen molar-refractivity contribution in [1.29, 1.82) is 0 Å². The van der Waals surface area contributed by atoms with Gasteiger partial charge in [-0.15, -0.1) is 17.6 Å². The van der Waals surface area contributed by atoms with Crippen LogP contribution >= 0.6 is 0 Å². The van der Waals surface area contributed by atoms with Crippen LogP contribution in [0.5, 0.6) is 5.75 Å². The molecule has 21 heavy (non-hydrogen) atoms. The van der Waals surface area contributed by atoms with Gasteiger partial charge in [-0.25, -0.2) is 0 Å². The van der Waals surface area contributed by atoms with Gasteiger partial charge in [0.05, 0.1) is 13.7 Å². The first-order valence-electron chi connectivity index (χ1n) is 6.42. The maximum Gasteiger partial charge on any atom is 0.0743 e. The molecule has 2 aromatic rings. The minimum Gasteiger partial charge on any atom is -0.522 e. The van der Waals surface area contributed by atoms with Gasteiger partial charge in [0.25, 0.3) is 0 Å². The van der Waals surface area contributed by atoms with Gasteiger partial charge in [-0.3, -0.25) is 0 Å². The summed E-state index contributed by atoms with van der Waals surface area (Å²) in [6, 6.07) is 12.7. The SMILES string of the molecule is COc1[c-]cc(C#Cc2ccc(CO)c(C)c2)cc1C.[Y]. The fourth-order valence-electron chi connectivity index (χ4n) is 1.99. The number of methoxy groups -OCH3 is 1. The Morgan fingerprint density at radius 1 is 1.10 bits per heavy atom. The normalized spacial score (nSPS) is 9.33. The van der Waals surface area contributed by atoms with Crippen molar-refractivity contribution in [2.24, 2.45) is 0 Å². The zero-order valence-electron chi connectivity index (χ0n) is 12.5. The molecule has 0 heterocycles. The molecular weight excluding hydrogens is 337 g/mol. The molecule has 0 aliphatic rings. The van der Waals surface area contributed by atoms with E-state index in [0.29, 0.717) is 0 Å². The van der Waals surface area contributed by atoms with Crippen LogP contribution < -0.4 is 4.74 Å². The van der Waals surface area contributed by atoms with Gasteiger partial charge in [-0.2, -0.15) is 12.1 Å². The molecule has 105 valence electrons. The molecule has 0 bridgehead atoms. The van der Waals surface area contributed by atoms with Crippen molar-refractivity contribution in [2.45, 2.75) is 20.5 Å². The first kappa shape index (κ1) is 17.9. The van der Waals surface area contributed by atoms with Crippen molar-refractivity contribution in [2.75, 3.05) is 7.11 Å². The Labute approximate surface area is 151 Å². The molecule has 0 amide bonds. The van der Waals surface area contributed by atoms with Gasteiger partial charge in [0.2, 0.25) is 0 Å². The molecular formula is C18H17O2Y-. The summed E-state index contributed by atoms with van der Waals surface area (Å²) in [6.45, 7) is 4.01. The second-order valence-electron chi connectivity index (χ2n) is 4.65. The molecule has 1 N–H and O–H groups in total. The third kappa shape index (κ3) is 4.68. The molecule has 1 radical (unpaired) electrons. The summed E-state index contributed by atoms with van der Waals surface area (Å²) in [5.74, 6) is 6.99. The quantitative estimate of drug-likeness (QED) is 0.664. The van der Waals surface area contributed by atoms with Crippen molar-refractivity contribution in [3.05, 3.63) is 64.2 Å². The number of ether oxygens (including phenoxy) is 1. The van der Waals surface area contributed by atoms with Crippen LogP contribution in [0.15, 0.2) is 30.3 Å². The zero-order valence-corrected chi connectivity index (χ0v) is 15.4. The number of aliphatic hydroxyl groups excluding tert-OH is 1. The minimum absolute atomic E-state index is 0. The van der Waals surface area contributed by atoms with Crippen LogP contribution in [0.1, 0.15) is 27.8 Å². The number of aryl methyl sites for hydroxylation is 2. The van der Waals surface area contributed by atoms with Crippen molar-refractivity contribution >= 4 is 0 Å². The molecule has 0 aromatic heterocycles. The third-order valence-electron chi connectivity index (χ3n) is 3.16. The summed E-state index contributed by atoms with van der Waals surface area (Å²) >= 11 is 0. The molecule has 2 aromatic carbocycles. The fraction of sp³-hybridized carbons (Fsp3) is 0.222. The predicted octanol–water partition coefficient (Wildman–Crippen LogP) is 3.00. The van der Waals surface area contributed by atoms with Crippen molar-refractivity contribution < 1.29 is 42.6 Å². The molecule has 0 saturated heterocycles. The van der Waals surface area contributed by atoms with Gasteiger partial charge in [0.15, 0.2) is 0 Å². The Bertz CT molecular complexity index is 624. The summed E-state index contributed by atoms with van der Waals surface area (Å²) in [5, 5.41) is 9.15. The molecule has 0 atom stereocenters. The molecule has 0 saturated carbocycles. The van der Waals surface area contributed by atoms with Crippen molar-refractivity contribution in [3.8, 4) is 17.6 Å². The van der Waals surface area contributed by atoms with Crippen LogP contribution in [0.3, 0.4) is 0 Å². The molecule has 0 aliphatic carbocycles. The van der Waals surface area contributed by atoms with Crippen LogP contribution in [0.2, 0.25) is 0 Å². The smallest absolute Gasteiger partial charge is 0.0743 e. The van der Waals surface area contributed by atoms with Crippen LogP contribution in [-0.2, 0) is 39.3 Å². The largest absolute Gasteiger partial charge is 0.522 e. The zero-order chi connectivity index (χ0) is 14.5. The van der Waals surface area contributed by atoms with Crippen LogP contribution in [0, 0.1) is 31.8 Å². The van der Waals surface area contributed by atoms with Gasteiger partial charge in [0, 0.05) is 44.0 Å². The van der Waals surface area contributed by atoms with Gasteiger partial charge in [-0.05, 0) is 30.2 Å². The van der Waals surface area contributed by atoms with Crippen molar-refractivity contribution in [3.63, 3.8) is 0 Å². The van der Waals surface area contributed by atoms with Gasteiger partial charge >= 0.3 is 0 Å². The van der Waals surface area contributed by atoms with Gasteiger partial charge in [-0.1, -0.05) is 24.5 Å². The Balaban J connectivity index is 0.00000220. The minimum atomic E-state index is 0. The molecule has 2 rings (SSSR count). The third-order valence-corrected chi connectivity index (χ3v) is 3.16. The molecule has 3 heteroatoms. The van der Waals surface area contributed by atoms with Crippen LogP contribution in [0.4, 0.5) is 0 Å². The molecule has 0 unspecified atom stereocenters. The fourth-order valence-corrected chi connectivity index (χ4v) is 1.99. The van der Waals surface area contributed by atoms with E-state index in [2.05, 4.69) is 17.9 Å². The summed E-state index contributed by atoms with van der Waals surface area (Å²) < 4.78 is 5.18. The van der Waals surface area contributed by atoms with E-state index in [1.165, 1.54) is 0 Å². The summed E-state index contributed by atoms with van der Waals surface area (Å²) in [4.78, 5) is 0. The van der Waals surface area contributed by atoms with E-state index in [0.717, 1.165) is 33.6 Å². The summed E-state index contributed by atoms with van der Waals surface area (Å²) in [6.07, 6.45) is 0. The average Bonchev–Trinajstić information content (AvgIpc) is 2.45. The van der Waals surface area contributed by atoms with Crippen LogP contribution in [0.25, 0.3) is 0 Å². The van der Waals surface area contributed by atoms with E-state index in [9.17, 15) is 0 Å². The summed E-state index contributed by atoms with van der Waals surface area (Å²) in [7, 11) is 1.63. The van der Waals surface area contributed by atoms with E-state index in [1.807, 2.05) is 44.2 Å². The molecule has 0 fully saturated rings. The first-order valence-corrected chi connectivity index (χ1v) is 6.42. The maximum absolute atomic E-state index is 9.15. The molecule has 0 spiro atoms. The number of rotatable bonds is 2. The Hall–Kier alpha value is -1.14. The number of hydrogen-bond donors (Lipinski definition) is 1. The van der Waals surface area contributed by atoms with Crippen LogP contribution in [-0.4, -0.2) is 12.2 Å². The average molecular weight is 354 g/mol. The Kier molecular flexibility index (Phi) is 7.12. The topological polar surface area (TPSA) is 29.5 Å². The molecule has 0 aliphatic heterocycles. The van der Waals surface area contributed by atoms with E-state index in [-0.39, 0.29) is 39.3 Å². The maximum atomic E-state index is 9.15. The van der Waals surface area contributed by atoms with E-state index in [4.69, 9.17) is 9.84 Å². The Morgan fingerprint density at radius 2 is 1.76 bits per heavy atom. The van der Waals surface area contributed by atoms with Gasteiger partial charge < -0.3 is 9.84 Å². The van der Waals surface area contributed by atoms with E-state index >= 15 is 0 Å². The first-order chi connectivity index (χ1) is 9.63. The molecule has 2 nitrogen and oxygen atoms in total. The standard InChI is InChI=1S/C18H17O2.Y/c1-13-10-15(6-8-17(13)12-19)4-5-16-7-9-18(20-3)14(2)11-16;/h6-8,10-11,19H,12H2,1-3H3;/q-1;. The van der Waals surface area contributed by atoms with E-state index < -0.39 is 0 Å². The Morgan fingerprint density at radius 3 is 2.33 bits per heavy atom. The number of benzene rings is 2.